The Balaban J connectivity index is 2.14. The summed E-state index contributed by atoms with van der Waals surface area (Å²) >= 11 is 0. The van der Waals surface area contributed by atoms with Crippen LogP contribution in [0, 0.1) is 5.92 Å². The van der Waals surface area contributed by atoms with Gasteiger partial charge in [-0.1, -0.05) is 6.92 Å². The zero-order chi connectivity index (χ0) is 9.68. The molecule has 3 nitrogen and oxygen atoms in total. The van der Waals surface area contributed by atoms with Gasteiger partial charge < -0.3 is 10.5 Å². The second-order valence-corrected chi connectivity index (χ2v) is 4.23. The summed E-state index contributed by atoms with van der Waals surface area (Å²) in [6.07, 6.45) is 1.12. The molecule has 0 saturated carbocycles. The van der Waals surface area contributed by atoms with E-state index in [0.717, 1.165) is 32.7 Å². The lowest BCUT2D eigenvalue weighted by Gasteiger charge is -2.29. The first-order valence-corrected chi connectivity index (χ1v) is 5.24. The van der Waals surface area contributed by atoms with Gasteiger partial charge in [0.15, 0.2) is 0 Å². The molecule has 1 saturated heterocycles. The van der Waals surface area contributed by atoms with Gasteiger partial charge >= 0.3 is 0 Å². The molecule has 0 aromatic rings. The predicted molar refractivity (Wildman–Crippen MR) is 54.7 cm³/mol. The molecule has 0 bridgehead atoms. The summed E-state index contributed by atoms with van der Waals surface area (Å²) < 4.78 is 5.30. The van der Waals surface area contributed by atoms with Crippen molar-refractivity contribution >= 4 is 0 Å². The molecule has 2 unspecified atom stereocenters. The molecule has 0 radical (unpaired) electrons. The minimum absolute atomic E-state index is 0.330. The highest BCUT2D eigenvalue weighted by atomic mass is 16.5. The van der Waals surface area contributed by atoms with Crippen molar-refractivity contribution in [2.24, 2.45) is 11.7 Å². The van der Waals surface area contributed by atoms with Crippen molar-refractivity contribution in [2.75, 3.05) is 32.8 Å². The Kier molecular flexibility index (Phi) is 4.70. The van der Waals surface area contributed by atoms with Crippen molar-refractivity contribution in [2.45, 2.75) is 26.3 Å². The Morgan fingerprint density at radius 2 is 1.92 bits per heavy atom. The minimum atomic E-state index is 0.330. The van der Waals surface area contributed by atoms with Crippen molar-refractivity contribution in [1.29, 1.82) is 0 Å². The van der Waals surface area contributed by atoms with Gasteiger partial charge in [0.1, 0.15) is 0 Å². The molecular formula is C10H22N2O. The van der Waals surface area contributed by atoms with Crippen molar-refractivity contribution in [3.63, 3.8) is 0 Å². The SMILES string of the molecule is CC(N)CC(C)CN1CCOCC1. The highest BCUT2D eigenvalue weighted by Crippen LogP contribution is 2.08. The summed E-state index contributed by atoms with van der Waals surface area (Å²) in [6.45, 7) is 9.49. The summed E-state index contributed by atoms with van der Waals surface area (Å²) in [4.78, 5) is 2.47. The molecule has 1 heterocycles. The maximum atomic E-state index is 5.76. The zero-order valence-corrected chi connectivity index (χ0v) is 8.83. The van der Waals surface area contributed by atoms with Crippen LogP contribution in [0.15, 0.2) is 0 Å². The summed E-state index contributed by atoms with van der Waals surface area (Å²) in [5.74, 6) is 0.707. The van der Waals surface area contributed by atoms with Gasteiger partial charge in [0.25, 0.3) is 0 Å². The van der Waals surface area contributed by atoms with E-state index in [0.29, 0.717) is 12.0 Å². The van der Waals surface area contributed by atoms with E-state index < -0.39 is 0 Å². The van der Waals surface area contributed by atoms with Crippen molar-refractivity contribution < 1.29 is 4.74 Å². The van der Waals surface area contributed by atoms with E-state index in [4.69, 9.17) is 10.5 Å². The van der Waals surface area contributed by atoms with Gasteiger partial charge in [-0.25, -0.2) is 0 Å². The molecular weight excluding hydrogens is 164 g/mol. The normalized spacial score (nSPS) is 24.2. The minimum Gasteiger partial charge on any atom is -0.379 e. The first kappa shape index (κ1) is 11.0. The van der Waals surface area contributed by atoms with Gasteiger partial charge in [-0.2, -0.15) is 0 Å². The molecule has 1 rings (SSSR count). The molecule has 0 spiro atoms. The molecule has 0 aliphatic carbocycles. The Morgan fingerprint density at radius 1 is 1.31 bits per heavy atom. The maximum absolute atomic E-state index is 5.76. The molecule has 2 atom stereocenters. The maximum Gasteiger partial charge on any atom is 0.0594 e. The van der Waals surface area contributed by atoms with Crippen LogP contribution in [0.3, 0.4) is 0 Å². The average Bonchev–Trinajstić information content (AvgIpc) is 2.04. The second-order valence-electron chi connectivity index (χ2n) is 4.23. The predicted octanol–water partition coefficient (Wildman–Crippen LogP) is 0.692. The topological polar surface area (TPSA) is 38.5 Å². The largest absolute Gasteiger partial charge is 0.379 e. The monoisotopic (exact) mass is 186 g/mol. The lowest BCUT2D eigenvalue weighted by atomic mass is 10.0. The van der Waals surface area contributed by atoms with Crippen LogP contribution >= 0.6 is 0 Å². The van der Waals surface area contributed by atoms with E-state index in [-0.39, 0.29) is 0 Å². The van der Waals surface area contributed by atoms with Gasteiger partial charge in [-0.15, -0.1) is 0 Å². The van der Waals surface area contributed by atoms with Crippen molar-refractivity contribution in [3.05, 3.63) is 0 Å². The van der Waals surface area contributed by atoms with Crippen molar-refractivity contribution in [3.8, 4) is 0 Å². The quantitative estimate of drug-likeness (QED) is 0.702. The van der Waals surface area contributed by atoms with Crippen LogP contribution in [0.4, 0.5) is 0 Å². The Morgan fingerprint density at radius 3 is 2.46 bits per heavy atom. The number of nitrogens with zero attached hydrogens (tertiary/aromatic N) is 1. The fraction of sp³-hybridized carbons (Fsp3) is 1.00. The first-order valence-electron chi connectivity index (χ1n) is 5.24. The Bertz CT molecular complexity index is 133. The van der Waals surface area contributed by atoms with E-state index in [9.17, 15) is 0 Å². The number of nitrogens with two attached hydrogens (primary N) is 1. The van der Waals surface area contributed by atoms with Crippen LogP contribution in [0.2, 0.25) is 0 Å². The third-order valence-corrected chi connectivity index (χ3v) is 2.45. The van der Waals surface area contributed by atoms with Gasteiger partial charge in [-0.05, 0) is 19.3 Å². The van der Waals surface area contributed by atoms with Crippen LogP contribution in [-0.2, 0) is 4.74 Å². The molecule has 0 amide bonds. The molecule has 1 fully saturated rings. The third-order valence-electron chi connectivity index (χ3n) is 2.45. The summed E-state index contributed by atoms with van der Waals surface area (Å²) in [7, 11) is 0. The third kappa shape index (κ3) is 4.60. The first-order chi connectivity index (χ1) is 6.18. The van der Waals surface area contributed by atoms with E-state index >= 15 is 0 Å². The zero-order valence-electron chi connectivity index (χ0n) is 8.83. The van der Waals surface area contributed by atoms with Crippen LogP contribution in [0.25, 0.3) is 0 Å². The molecule has 1 aliphatic rings. The van der Waals surface area contributed by atoms with Crippen molar-refractivity contribution in [1.82, 2.24) is 4.90 Å². The Hall–Kier alpha value is -0.120. The van der Waals surface area contributed by atoms with Gasteiger partial charge in [0.05, 0.1) is 13.2 Å². The summed E-state index contributed by atoms with van der Waals surface area (Å²) in [6, 6.07) is 0.330. The number of morpholine rings is 1. The molecule has 2 N–H and O–H groups in total. The molecule has 0 aromatic heterocycles. The molecule has 78 valence electrons. The van der Waals surface area contributed by atoms with Crippen LogP contribution in [0.1, 0.15) is 20.3 Å². The van der Waals surface area contributed by atoms with Gasteiger partial charge in [0.2, 0.25) is 0 Å². The van der Waals surface area contributed by atoms with Crippen LogP contribution < -0.4 is 5.73 Å². The average molecular weight is 186 g/mol. The number of hydrogen-bond acceptors (Lipinski definition) is 3. The fourth-order valence-corrected chi connectivity index (χ4v) is 1.93. The van der Waals surface area contributed by atoms with E-state index in [2.05, 4.69) is 18.7 Å². The standard InChI is InChI=1S/C10H22N2O/c1-9(7-10(2)11)8-12-3-5-13-6-4-12/h9-10H,3-8,11H2,1-2H3. The highest BCUT2D eigenvalue weighted by molar-refractivity contribution is 4.68. The van der Waals surface area contributed by atoms with E-state index in [1.807, 2.05) is 0 Å². The smallest absolute Gasteiger partial charge is 0.0594 e. The molecule has 0 aromatic carbocycles. The lowest BCUT2D eigenvalue weighted by Crippen LogP contribution is -2.39. The second kappa shape index (κ2) is 5.58. The van der Waals surface area contributed by atoms with Crippen LogP contribution in [-0.4, -0.2) is 43.8 Å². The number of hydrogen-bond donors (Lipinski definition) is 1. The summed E-state index contributed by atoms with van der Waals surface area (Å²) in [5, 5.41) is 0. The van der Waals surface area contributed by atoms with E-state index in [1.165, 1.54) is 6.54 Å². The summed E-state index contributed by atoms with van der Waals surface area (Å²) in [5.41, 5.74) is 5.76. The lowest BCUT2D eigenvalue weighted by molar-refractivity contribution is 0.0310. The number of ether oxygens (including phenoxy) is 1. The molecule has 13 heavy (non-hydrogen) atoms. The van der Waals surface area contributed by atoms with Gasteiger partial charge in [-0.3, -0.25) is 4.90 Å². The van der Waals surface area contributed by atoms with Gasteiger partial charge in [0, 0.05) is 25.7 Å². The molecule has 1 aliphatic heterocycles. The van der Waals surface area contributed by atoms with E-state index in [1.54, 1.807) is 0 Å². The fourth-order valence-electron chi connectivity index (χ4n) is 1.93. The van der Waals surface area contributed by atoms with Crippen LogP contribution in [0.5, 0.6) is 0 Å². The molecule has 3 heteroatoms. The number of rotatable bonds is 4. The Labute approximate surface area is 81.2 Å². The highest BCUT2D eigenvalue weighted by Gasteiger charge is 2.14.